The van der Waals surface area contributed by atoms with E-state index in [-0.39, 0.29) is 11.9 Å². The zero-order valence-electron chi connectivity index (χ0n) is 16.7. The van der Waals surface area contributed by atoms with E-state index in [0.717, 1.165) is 69.5 Å². The van der Waals surface area contributed by atoms with Crippen LogP contribution in [0.15, 0.2) is 4.99 Å². The van der Waals surface area contributed by atoms with Crippen LogP contribution in [-0.4, -0.2) is 64.3 Å². The number of guanidine groups is 1. The van der Waals surface area contributed by atoms with Crippen LogP contribution in [0.25, 0.3) is 0 Å². The SMILES string of the molecule is CCC(=O)N1CCC(NC(=NC)NCCCc2nnc3n2CCCCC3)C1. The van der Waals surface area contributed by atoms with Crippen LogP contribution >= 0.6 is 0 Å². The lowest BCUT2D eigenvalue weighted by Gasteiger charge is -2.18. The van der Waals surface area contributed by atoms with Gasteiger partial charge in [0.25, 0.3) is 0 Å². The Morgan fingerprint density at radius 3 is 2.96 bits per heavy atom. The normalized spacial score (nSPS) is 20.3. The van der Waals surface area contributed by atoms with Gasteiger partial charge in [0, 0.05) is 58.5 Å². The number of hydrogen-bond acceptors (Lipinski definition) is 4. The Labute approximate surface area is 161 Å². The molecule has 0 aliphatic carbocycles. The van der Waals surface area contributed by atoms with Crippen molar-refractivity contribution in [2.24, 2.45) is 4.99 Å². The number of likely N-dealkylation sites (tertiary alicyclic amines) is 1. The highest BCUT2D eigenvalue weighted by molar-refractivity contribution is 5.80. The Morgan fingerprint density at radius 2 is 2.15 bits per heavy atom. The lowest BCUT2D eigenvalue weighted by molar-refractivity contribution is -0.129. The molecule has 1 atom stereocenters. The number of carbonyl (C=O) groups excluding carboxylic acids is 1. The quantitative estimate of drug-likeness (QED) is 0.442. The Morgan fingerprint density at radius 1 is 1.26 bits per heavy atom. The molecule has 3 rings (SSSR count). The summed E-state index contributed by atoms with van der Waals surface area (Å²) in [6, 6.07) is 0.277. The summed E-state index contributed by atoms with van der Waals surface area (Å²) in [6.45, 7) is 5.41. The predicted molar refractivity (Wildman–Crippen MR) is 106 cm³/mol. The highest BCUT2D eigenvalue weighted by Crippen LogP contribution is 2.15. The Hall–Kier alpha value is -2.12. The Kier molecular flexibility index (Phi) is 7.06. The number of aromatic nitrogens is 3. The van der Waals surface area contributed by atoms with Gasteiger partial charge in [0.15, 0.2) is 5.96 Å². The maximum Gasteiger partial charge on any atom is 0.222 e. The first kappa shape index (κ1) is 19.6. The number of aliphatic imine (C=N–C) groups is 1. The van der Waals surface area contributed by atoms with Gasteiger partial charge >= 0.3 is 0 Å². The standard InChI is InChI=1S/C19H33N7O/c1-3-18(27)25-13-10-15(14-25)22-19(20-2)21-11-7-9-17-24-23-16-8-5-4-6-12-26(16)17/h15H,3-14H2,1-2H3,(H2,20,21,22). The molecule has 0 aromatic carbocycles. The van der Waals surface area contributed by atoms with Gasteiger partial charge in [-0.2, -0.15) is 0 Å². The van der Waals surface area contributed by atoms with E-state index in [1.165, 1.54) is 19.3 Å². The minimum atomic E-state index is 0.231. The molecular weight excluding hydrogens is 342 g/mol. The summed E-state index contributed by atoms with van der Waals surface area (Å²) in [5.41, 5.74) is 0. The summed E-state index contributed by atoms with van der Waals surface area (Å²) in [6.07, 6.45) is 8.26. The van der Waals surface area contributed by atoms with E-state index in [4.69, 9.17) is 0 Å². The number of nitrogens with one attached hydrogen (secondary N) is 2. The van der Waals surface area contributed by atoms with Gasteiger partial charge in [-0.25, -0.2) is 0 Å². The van der Waals surface area contributed by atoms with E-state index in [1.54, 1.807) is 7.05 Å². The van der Waals surface area contributed by atoms with Crippen molar-refractivity contribution in [3.8, 4) is 0 Å². The van der Waals surface area contributed by atoms with Crippen LogP contribution in [0.3, 0.4) is 0 Å². The number of amides is 1. The maximum absolute atomic E-state index is 11.8. The van der Waals surface area contributed by atoms with Gasteiger partial charge in [0.05, 0.1) is 0 Å². The van der Waals surface area contributed by atoms with Crippen molar-refractivity contribution in [3.05, 3.63) is 11.6 Å². The van der Waals surface area contributed by atoms with Gasteiger partial charge in [-0.1, -0.05) is 13.3 Å². The Bertz CT molecular complexity index is 654. The molecule has 2 aliphatic rings. The molecule has 0 saturated carbocycles. The molecule has 3 heterocycles. The van der Waals surface area contributed by atoms with Crippen molar-refractivity contribution >= 4 is 11.9 Å². The third kappa shape index (κ3) is 5.20. The van der Waals surface area contributed by atoms with Gasteiger partial charge in [-0.3, -0.25) is 9.79 Å². The van der Waals surface area contributed by atoms with Crippen LogP contribution in [0.4, 0.5) is 0 Å². The molecule has 0 spiro atoms. The number of rotatable bonds is 6. The first-order chi connectivity index (χ1) is 13.2. The molecule has 2 aliphatic heterocycles. The molecule has 1 amide bonds. The summed E-state index contributed by atoms with van der Waals surface area (Å²) < 4.78 is 2.32. The van der Waals surface area contributed by atoms with Gasteiger partial charge in [0.1, 0.15) is 11.6 Å². The lowest BCUT2D eigenvalue weighted by atomic mass is 10.2. The molecule has 2 N–H and O–H groups in total. The highest BCUT2D eigenvalue weighted by atomic mass is 16.2. The van der Waals surface area contributed by atoms with E-state index >= 15 is 0 Å². The van der Waals surface area contributed by atoms with Gasteiger partial charge in [0.2, 0.25) is 5.91 Å². The second-order valence-corrected chi connectivity index (χ2v) is 7.42. The fraction of sp³-hybridized carbons (Fsp3) is 0.789. The minimum Gasteiger partial charge on any atom is -0.356 e. The minimum absolute atomic E-state index is 0.231. The highest BCUT2D eigenvalue weighted by Gasteiger charge is 2.25. The van der Waals surface area contributed by atoms with Gasteiger partial charge in [-0.15, -0.1) is 10.2 Å². The summed E-state index contributed by atoms with van der Waals surface area (Å²) in [5, 5.41) is 15.6. The molecule has 8 heteroatoms. The Balaban J connectivity index is 1.39. The molecular formula is C19H33N7O. The number of carbonyl (C=O) groups is 1. The second kappa shape index (κ2) is 9.71. The van der Waals surface area contributed by atoms with E-state index < -0.39 is 0 Å². The average Bonchev–Trinajstić information content (AvgIpc) is 3.24. The summed E-state index contributed by atoms with van der Waals surface area (Å²) in [7, 11) is 1.79. The summed E-state index contributed by atoms with van der Waals surface area (Å²) in [5.74, 6) is 3.31. The van der Waals surface area contributed by atoms with Crippen molar-refractivity contribution in [3.63, 3.8) is 0 Å². The second-order valence-electron chi connectivity index (χ2n) is 7.42. The zero-order chi connectivity index (χ0) is 19.1. The number of fused-ring (bicyclic) bond motifs is 1. The third-order valence-electron chi connectivity index (χ3n) is 5.46. The number of nitrogens with zero attached hydrogens (tertiary/aromatic N) is 5. The third-order valence-corrected chi connectivity index (χ3v) is 5.46. The maximum atomic E-state index is 11.8. The number of aryl methyl sites for hydroxylation is 2. The van der Waals surface area contributed by atoms with Crippen LogP contribution in [0, 0.1) is 0 Å². The average molecular weight is 376 g/mol. The van der Waals surface area contributed by atoms with Gasteiger partial charge < -0.3 is 20.1 Å². The molecule has 0 bridgehead atoms. The van der Waals surface area contributed by atoms with Crippen molar-refractivity contribution in [2.45, 2.75) is 70.9 Å². The molecule has 27 heavy (non-hydrogen) atoms. The first-order valence-corrected chi connectivity index (χ1v) is 10.4. The van der Waals surface area contributed by atoms with E-state index in [2.05, 4.69) is 30.4 Å². The van der Waals surface area contributed by atoms with E-state index in [9.17, 15) is 4.79 Å². The fourth-order valence-corrected chi connectivity index (χ4v) is 3.90. The van der Waals surface area contributed by atoms with E-state index in [0.29, 0.717) is 6.42 Å². The van der Waals surface area contributed by atoms with Crippen molar-refractivity contribution in [2.75, 3.05) is 26.7 Å². The smallest absolute Gasteiger partial charge is 0.222 e. The molecule has 0 radical (unpaired) electrons. The predicted octanol–water partition coefficient (Wildman–Crippen LogP) is 1.11. The van der Waals surface area contributed by atoms with Crippen LogP contribution in [0.1, 0.15) is 57.1 Å². The topological polar surface area (TPSA) is 87.4 Å². The molecule has 150 valence electrons. The van der Waals surface area contributed by atoms with Gasteiger partial charge in [-0.05, 0) is 25.7 Å². The van der Waals surface area contributed by atoms with Crippen molar-refractivity contribution < 1.29 is 4.79 Å². The van der Waals surface area contributed by atoms with Crippen molar-refractivity contribution in [1.29, 1.82) is 0 Å². The monoisotopic (exact) mass is 375 g/mol. The van der Waals surface area contributed by atoms with Crippen LogP contribution in [0.2, 0.25) is 0 Å². The molecule has 1 unspecified atom stereocenters. The van der Waals surface area contributed by atoms with Crippen LogP contribution < -0.4 is 10.6 Å². The first-order valence-electron chi connectivity index (χ1n) is 10.4. The van der Waals surface area contributed by atoms with Crippen LogP contribution in [0.5, 0.6) is 0 Å². The molecule has 1 saturated heterocycles. The lowest BCUT2D eigenvalue weighted by Crippen LogP contribution is -2.45. The van der Waals surface area contributed by atoms with Crippen molar-refractivity contribution in [1.82, 2.24) is 30.3 Å². The molecule has 8 nitrogen and oxygen atoms in total. The summed E-state index contributed by atoms with van der Waals surface area (Å²) in [4.78, 5) is 18.1. The summed E-state index contributed by atoms with van der Waals surface area (Å²) >= 11 is 0. The molecule has 1 aromatic heterocycles. The zero-order valence-corrected chi connectivity index (χ0v) is 16.7. The largest absolute Gasteiger partial charge is 0.356 e. The van der Waals surface area contributed by atoms with E-state index in [1.807, 2.05) is 11.8 Å². The molecule has 1 aromatic rings. The molecule has 1 fully saturated rings. The fourth-order valence-electron chi connectivity index (χ4n) is 3.90. The van der Waals surface area contributed by atoms with Crippen LogP contribution in [-0.2, 0) is 24.2 Å². The number of hydrogen-bond donors (Lipinski definition) is 2.